The van der Waals surface area contributed by atoms with Gasteiger partial charge in [0.2, 0.25) is 5.91 Å². The predicted octanol–water partition coefficient (Wildman–Crippen LogP) is 5.25. The fourth-order valence-corrected chi connectivity index (χ4v) is 5.68. The van der Waals surface area contributed by atoms with Crippen LogP contribution in [0.3, 0.4) is 0 Å². The molecular weight excluding hydrogens is 602 g/mol. The number of carbonyl (C=O) groups is 1. The van der Waals surface area contributed by atoms with E-state index in [1.165, 1.54) is 19.4 Å². The van der Waals surface area contributed by atoms with Crippen LogP contribution in [0, 0.1) is 18.6 Å². The molecule has 0 radical (unpaired) electrons. The maximum Gasteiger partial charge on any atom is 0.220 e. The molecule has 45 heavy (non-hydrogen) atoms. The van der Waals surface area contributed by atoms with Gasteiger partial charge in [-0.2, -0.15) is 0 Å². The molecule has 236 valence electrons. The number of anilines is 2. The number of nitrogens with zero attached hydrogens (tertiary/aromatic N) is 2. The summed E-state index contributed by atoms with van der Waals surface area (Å²) in [5.41, 5.74) is 4.50. The summed E-state index contributed by atoms with van der Waals surface area (Å²) in [7, 11) is 1.48. The Kier molecular flexibility index (Phi) is 10.6. The van der Waals surface area contributed by atoms with Crippen molar-refractivity contribution in [3.8, 4) is 28.1 Å². The highest BCUT2D eigenvalue weighted by Crippen LogP contribution is 2.40. The first kappa shape index (κ1) is 32.2. The molecule has 0 unspecified atom stereocenters. The van der Waals surface area contributed by atoms with Gasteiger partial charge < -0.3 is 31.1 Å². The van der Waals surface area contributed by atoms with E-state index in [1.807, 2.05) is 25.1 Å². The standard InChI is InChI=1S/C33H35ClF2N6O3/c1-19-23(4-3-5-27(19)42-33-31(36)20(8-10-40-33)16-37-12-13-43)24-9-11-39-32(30(24)34)21-14-26(35)25(28(15-21)45-2)18-38-17-22-6-7-29(44)41-22/h3-5,8-11,14-15,22,37-38,43H,6-7,12-13,16-18H2,1-2H3,(H,40,42)(H,41,44)/t22-/m1/s1. The summed E-state index contributed by atoms with van der Waals surface area (Å²) in [6.45, 7) is 3.19. The summed E-state index contributed by atoms with van der Waals surface area (Å²) in [5, 5.41) is 21.5. The molecule has 1 saturated heterocycles. The van der Waals surface area contributed by atoms with Crippen LogP contribution in [0.1, 0.15) is 29.5 Å². The van der Waals surface area contributed by atoms with Crippen LogP contribution in [-0.4, -0.2) is 53.8 Å². The number of benzene rings is 2. The van der Waals surface area contributed by atoms with Crippen molar-refractivity contribution in [2.24, 2.45) is 0 Å². The molecule has 1 aliphatic rings. The van der Waals surface area contributed by atoms with Crippen LogP contribution in [-0.2, 0) is 17.9 Å². The number of methoxy groups -OCH3 is 1. The van der Waals surface area contributed by atoms with E-state index in [0.717, 1.165) is 17.5 Å². The first-order valence-corrected chi connectivity index (χ1v) is 15.0. The quantitative estimate of drug-likeness (QED) is 0.126. The van der Waals surface area contributed by atoms with Gasteiger partial charge >= 0.3 is 0 Å². The molecule has 0 saturated carbocycles. The number of ether oxygens (including phenoxy) is 1. The monoisotopic (exact) mass is 636 g/mol. The molecule has 5 rings (SSSR count). The predicted molar refractivity (Wildman–Crippen MR) is 171 cm³/mol. The third-order valence-electron chi connectivity index (χ3n) is 7.76. The molecule has 1 fully saturated rings. The number of hydrogen-bond acceptors (Lipinski definition) is 8. The number of amides is 1. The van der Waals surface area contributed by atoms with Gasteiger partial charge in [0.1, 0.15) is 11.6 Å². The van der Waals surface area contributed by atoms with Crippen LogP contribution in [0.5, 0.6) is 5.75 Å². The van der Waals surface area contributed by atoms with Gasteiger partial charge in [0.05, 0.1) is 24.4 Å². The summed E-state index contributed by atoms with van der Waals surface area (Å²) >= 11 is 6.93. The average molecular weight is 637 g/mol. The summed E-state index contributed by atoms with van der Waals surface area (Å²) < 4.78 is 36.2. The van der Waals surface area contributed by atoms with Crippen molar-refractivity contribution in [2.45, 2.75) is 38.9 Å². The summed E-state index contributed by atoms with van der Waals surface area (Å²) in [4.78, 5) is 20.1. The lowest BCUT2D eigenvalue weighted by Crippen LogP contribution is -2.35. The maximum absolute atomic E-state index is 15.5. The van der Waals surface area contributed by atoms with E-state index in [2.05, 4.69) is 31.2 Å². The molecule has 3 heterocycles. The smallest absolute Gasteiger partial charge is 0.220 e. The lowest BCUT2D eigenvalue weighted by atomic mass is 9.97. The second-order valence-electron chi connectivity index (χ2n) is 10.7. The van der Waals surface area contributed by atoms with E-state index in [9.17, 15) is 4.79 Å². The molecule has 1 aliphatic heterocycles. The number of nitrogens with one attached hydrogen (secondary N) is 4. The maximum atomic E-state index is 15.5. The van der Waals surface area contributed by atoms with Crippen LogP contribution in [0.4, 0.5) is 20.3 Å². The molecule has 4 aromatic rings. The molecule has 0 aliphatic carbocycles. The third kappa shape index (κ3) is 7.39. The van der Waals surface area contributed by atoms with E-state index in [-0.39, 0.29) is 37.5 Å². The van der Waals surface area contributed by atoms with Gasteiger partial charge in [-0.15, -0.1) is 0 Å². The van der Waals surface area contributed by atoms with Crippen molar-refractivity contribution in [2.75, 3.05) is 32.1 Å². The van der Waals surface area contributed by atoms with Crippen molar-refractivity contribution in [3.63, 3.8) is 0 Å². The number of pyridine rings is 2. The van der Waals surface area contributed by atoms with Crippen molar-refractivity contribution in [1.82, 2.24) is 25.9 Å². The Morgan fingerprint density at radius 3 is 2.67 bits per heavy atom. The minimum atomic E-state index is -0.489. The van der Waals surface area contributed by atoms with Gasteiger partial charge in [-0.1, -0.05) is 23.7 Å². The van der Waals surface area contributed by atoms with Crippen molar-refractivity contribution >= 4 is 29.0 Å². The average Bonchev–Trinajstić information content (AvgIpc) is 3.45. The highest BCUT2D eigenvalue weighted by molar-refractivity contribution is 6.35. The van der Waals surface area contributed by atoms with E-state index < -0.39 is 11.6 Å². The highest BCUT2D eigenvalue weighted by atomic mass is 35.5. The minimum absolute atomic E-state index is 0.0221. The number of aliphatic hydroxyl groups is 1. The van der Waals surface area contributed by atoms with Crippen molar-refractivity contribution in [3.05, 3.63) is 88.2 Å². The van der Waals surface area contributed by atoms with Crippen LogP contribution < -0.4 is 26.0 Å². The van der Waals surface area contributed by atoms with Crippen molar-refractivity contribution in [1.29, 1.82) is 0 Å². The molecule has 5 N–H and O–H groups in total. The first-order chi connectivity index (χ1) is 21.8. The number of carbonyl (C=O) groups excluding carboxylic acids is 1. The first-order valence-electron chi connectivity index (χ1n) is 14.6. The van der Waals surface area contributed by atoms with E-state index in [4.69, 9.17) is 21.4 Å². The Morgan fingerprint density at radius 1 is 1.09 bits per heavy atom. The van der Waals surface area contributed by atoms with Gasteiger partial charge in [0.15, 0.2) is 11.6 Å². The fourth-order valence-electron chi connectivity index (χ4n) is 5.36. The number of rotatable bonds is 13. The van der Waals surface area contributed by atoms with E-state index in [0.29, 0.717) is 63.9 Å². The van der Waals surface area contributed by atoms with E-state index >= 15 is 8.78 Å². The lowest BCUT2D eigenvalue weighted by molar-refractivity contribution is -0.119. The normalized spacial score (nSPS) is 14.4. The molecule has 2 aromatic heterocycles. The topological polar surface area (TPSA) is 120 Å². The SMILES string of the molecule is COc1cc(-c2nccc(-c3cccc(Nc4nccc(CNCCO)c4F)c3C)c2Cl)cc(F)c1CNC[C@H]1CCC(=O)N1. The molecule has 9 nitrogen and oxygen atoms in total. The Morgan fingerprint density at radius 2 is 1.91 bits per heavy atom. The van der Waals surface area contributed by atoms with Crippen LogP contribution >= 0.6 is 11.6 Å². The number of aliphatic hydroxyl groups excluding tert-OH is 1. The van der Waals surface area contributed by atoms with Gasteiger partial charge in [0, 0.05) is 79.0 Å². The largest absolute Gasteiger partial charge is 0.496 e. The van der Waals surface area contributed by atoms with Crippen LogP contribution in [0.2, 0.25) is 5.02 Å². The van der Waals surface area contributed by atoms with Crippen LogP contribution in [0.25, 0.3) is 22.4 Å². The zero-order chi connectivity index (χ0) is 31.9. The van der Waals surface area contributed by atoms with Gasteiger partial charge in [-0.05, 0) is 54.8 Å². The Bertz CT molecular complexity index is 1690. The van der Waals surface area contributed by atoms with Crippen molar-refractivity contribution < 1.29 is 23.4 Å². The Hall–Kier alpha value is -4.16. The van der Waals surface area contributed by atoms with Gasteiger partial charge in [-0.25, -0.2) is 13.8 Å². The van der Waals surface area contributed by atoms with Gasteiger partial charge in [0.25, 0.3) is 0 Å². The molecule has 0 bridgehead atoms. The molecule has 1 atom stereocenters. The Balaban J connectivity index is 1.40. The summed E-state index contributed by atoms with van der Waals surface area (Å²) in [6.07, 6.45) is 4.38. The second kappa shape index (κ2) is 14.7. The number of aromatic nitrogens is 2. The number of halogens is 3. The zero-order valence-electron chi connectivity index (χ0n) is 25.0. The Labute approximate surface area is 265 Å². The minimum Gasteiger partial charge on any atom is -0.496 e. The molecular formula is C33H35ClF2N6O3. The second-order valence-corrected chi connectivity index (χ2v) is 11.1. The summed E-state index contributed by atoms with van der Waals surface area (Å²) in [6, 6.07) is 12.0. The van der Waals surface area contributed by atoms with Crippen LogP contribution in [0.15, 0.2) is 54.9 Å². The lowest BCUT2D eigenvalue weighted by Gasteiger charge is -2.17. The number of hydrogen-bond donors (Lipinski definition) is 5. The third-order valence-corrected chi connectivity index (χ3v) is 8.15. The van der Waals surface area contributed by atoms with Gasteiger partial charge in [-0.3, -0.25) is 9.78 Å². The molecule has 1 amide bonds. The molecule has 2 aromatic carbocycles. The highest BCUT2D eigenvalue weighted by Gasteiger charge is 2.22. The summed E-state index contributed by atoms with van der Waals surface area (Å²) in [5.74, 6) is -0.510. The van der Waals surface area contributed by atoms with E-state index in [1.54, 1.807) is 24.4 Å². The molecule has 0 spiro atoms. The fraction of sp³-hybridized carbons (Fsp3) is 0.303. The molecule has 12 heteroatoms. The zero-order valence-corrected chi connectivity index (χ0v) is 25.8.